The molecule has 0 aliphatic rings. The van der Waals surface area contributed by atoms with Crippen LogP contribution in [-0.4, -0.2) is 5.11 Å². The lowest BCUT2D eigenvalue weighted by molar-refractivity contribution is 0.242. The van der Waals surface area contributed by atoms with Gasteiger partial charge in [-0.3, -0.25) is 0 Å². The Hall–Kier alpha value is -1.10. The Labute approximate surface area is 85.8 Å². The van der Waals surface area contributed by atoms with Gasteiger partial charge in [-0.15, -0.1) is 0 Å². The summed E-state index contributed by atoms with van der Waals surface area (Å²) >= 11 is 1.60. The van der Waals surface area contributed by atoms with E-state index in [0.29, 0.717) is 11.5 Å². The third-order valence-corrected chi connectivity index (χ3v) is 2.75. The Morgan fingerprint density at radius 3 is 2.86 bits per heavy atom. The summed E-state index contributed by atoms with van der Waals surface area (Å²) in [7, 11) is 0. The van der Waals surface area contributed by atoms with Crippen LogP contribution in [0.3, 0.4) is 0 Å². The van der Waals surface area contributed by atoms with Crippen molar-refractivity contribution in [3.8, 4) is 0 Å². The highest BCUT2D eigenvalue weighted by atomic mass is 32.1. The summed E-state index contributed by atoms with van der Waals surface area (Å²) in [6, 6.07) is 5.27. The second-order valence-electron chi connectivity index (χ2n) is 3.00. The number of rotatable bonds is 3. The molecule has 2 heterocycles. The van der Waals surface area contributed by atoms with Gasteiger partial charge in [-0.25, -0.2) is 0 Å². The molecule has 0 aliphatic heterocycles. The van der Waals surface area contributed by atoms with Gasteiger partial charge in [0.05, 0.1) is 6.04 Å². The predicted octanol–water partition coefficient (Wildman–Crippen LogP) is 1.88. The molecule has 14 heavy (non-hydrogen) atoms. The third-order valence-electron chi connectivity index (χ3n) is 2.05. The second-order valence-corrected chi connectivity index (χ2v) is 3.78. The minimum Gasteiger partial charge on any atom is -0.462 e. The van der Waals surface area contributed by atoms with Gasteiger partial charge in [0.2, 0.25) is 0 Å². The van der Waals surface area contributed by atoms with Gasteiger partial charge in [-0.05, 0) is 34.5 Å². The number of nitrogens with two attached hydrogens (primary N) is 1. The van der Waals surface area contributed by atoms with Crippen LogP contribution < -0.4 is 5.73 Å². The SMILES string of the molecule is N[C@H](c1ccsc1)c1ccc(CO)o1. The maximum absolute atomic E-state index is 8.83. The minimum atomic E-state index is -0.235. The highest BCUT2D eigenvalue weighted by Crippen LogP contribution is 2.23. The van der Waals surface area contributed by atoms with Crippen LogP contribution in [0.15, 0.2) is 33.4 Å². The van der Waals surface area contributed by atoms with Crippen LogP contribution in [-0.2, 0) is 6.61 Å². The van der Waals surface area contributed by atoms with Crippen LogP contribution in [0.5, 0.6) is 0 Å². The lowest BCUT2D eigenvalue weighted by Gasteiger charge is -2.05. The largest absolute Gasteiger partial charge is 0.462 e. The molecular formula is C10H11NO2S. The first-order valence-electron chi connectivity index (χ1n) is 4.28. The molecule has 0 spiro atoms. The van der Waals surface area contributed by atoms with Crippen LogP contribution in [0, 0.1) is 0 Å². The zero-order valence-electron chi connectivity index (χ0n) is 7.51. The van der Waals surface area contributed by atoms with Gasteiger partial charge in [-0.2, -0.15) is 11.3 Å². The summed E-state index contributed by atoms with van der Waals surface area (Å²) in [5, 5.41) is 12.8. The topological polar surface area (TPSA) is 59.4 Å². The minimum absolute atomic E-state index is 0.0869. The number of aliphatic hydroxyl groups excluding tert-OH is 1. The van der Waals surface area contributed by atoms with Gasteiger partial charge < -0.3 is 15.3 Å². The van der Waals surface area contributed by atoms with Crippen LogP contribution in [0.25, 0.3) is 0 Å². The summed E-state index contributed by atoms with van der Waals surface area (Å²) in [5.74, 6) is 1.23. The molecule has 0 saturated heterocycles. The number of thiophene rings is 1. The van der Waals surface area contributed by atoms with Crippen molar-refractivity contribution in [2.24, 2.45) is 5.73 Å². The molecule has 1 atom stereocenters. The number of hydrogen-bond donors (Lipinski definition) is 2. The van der Waals surface area contributed by atoms with E-state index < -0.39 is 0 Å². The highest BCUT2D eigenvalue weighted by Gasteiger charge is 2.13. The molecule has 4 heteroatoms. The van der Waals surface area contributed by atoms with Crippen molar-refractivity contribution in [2.45, 2.75) is 12.6 Å². The van der Waals surface area contributed by atoms with E-state index in [2.05, 4.69) is 0 Å². The van der Waals surface area contributed by atoms with Crippen LogP contribution >= 0.6 is 11.3 Å². The van der Waals surface area contributed by atoms with Gasteiger partial charge >= 0.3 is 0 Å². The Morgan fingerprint density at radius 1 is 1.43 bits per heavy atom. The van der Waals surface area contributed by atoms with Crippen LogP contribution in [0.1, 0.15) is 23.1 Å². The predicted molar refractivity (Wildman–Crippen MR) is 55.0 cm³/mol. The normalized spacial score (nSPS) is 13.0. The molecule has 2 rings (SSSR count). The van der Waals surface area contributed by atoms with Crippen LogP contribution in [0.4, 0.5) is 0 Å². The van der Waals surface area contributed by atoms with E-state index in [9.17, 15) is 0 Å². The maximum Gasteiger partial charge on any atom is 0.129 e. The standard InChI is InChI=1S/C10H11NO2S/c11-10(7-3-4-14-6-7)9-2-1-8(5-12)13-9/h1-4,6,10,12H,5,11H2/t10-/m1/s1. The second kappa shape index (κ2) is 3.96. The average molecular weight is 209 g/mol. The van der Waals surface area contributed by atoms with Crippen molar-refractivity contribution in [3.05, 3.63) is 46.0 Å². The highest BCUT2D eigenvalue weighted by molar-refractivity contribution is 7.07. The van der Waals surface area contributed by atoms with Crippen molar-refractivity contribution < 1.29 is 9.52 Å². The fraction of sp³-hybridized carbons (Fsp3) is 0.200. The van der Waals surface area contributed by atoms with Crippen molar-refractivity contribution >= 4 is 11.3 Å². The van der Waals surface area contributed by atoms with E-state index in [1.165, 1.54) is 0 Å². The monoisotopic (exact) mass is 209 g/mol. The first-order valence-corrected chi connectivity index (χ1v) is 5.22. The molecule has 2 aromatic rings. The van der Waals surface area contributed by atoms with Gasteiger partial charge in [0.1, 0.15) is 18.1 Å². The molecule has 0 saturated carbocycles. The maximum atomic E-state index is 8.83. The summed E-state index contributed by atoms with van der Waals surface area (Å²) in [5.41, 5.74) is 7.00. The summed E-state index contributed by atoms with van der Waals surface area (Å²) in [4.78, 5) is 0. The third kappa shape index (κ3) is 1.72. The molecule has 0 aromatic carbocycles. The molecule has 0 amide bonds. The quantitative estimate of drug-likeness (QED) is 0.811. The summed E-state index contributed by atoms with van der Waals surface area (Å²) in [6.07, 6.45) is 0. The Balaban J connectivity index is 2.23. The van der Waals surface area contributed by atoms with Crippen molar-refractivity contribution in [3.63, 3.8) is 0 Å². The van der Waals surface area contributed by atoms with Crippen molar-refractivity contribution in [1.29, 1.82) is 0 Å². The van der Waals surface area contributed by atoms with Gasteiger partial charge in [-0.1, -0.05) is 0 Å². The molecule has 3 nitrogen and oxygen atoms in total. The summed E-state index contributed by atoms with van der Waals surface area (Å²) in [6.45, 7) is -0.0869. The first-order chi connectivity index (χ1) is 6.81. The van der Waals surface area contributed by atoms with E-state index in [1.54, 1.807) is 23.5 Å². The lowest BCUT2D eigenvalue weighted by Crippen LogP contribution is -2.09. The molecule has 0 fully saturated rings. The van der Waals surface area contributed by atoms with E-state index in [1.807, 2.05) is 16.8 Å². The average Bonchev–Trinajstić information content (AvgIpc) is 2.88. The molecule has 74 valence electrons. The lowest BCUT2D eigenvalue weighted by atomic mass is 10.1. The number of furan rings is 1. The van der Waals surface area contributed by atoms with E-state index in [0.717, 1.165) is 5.56 Å². The van der Waals surface area contributed by atoms with Gasteiger partial charge in [0, 0.05) is 0 Å². The molecule has 2 aromatic heterocycles. The fourth-order valence-electron chi connectivity index (χ4n) is 1.26. The first kappa shape index (κ1) is 9.45. The molecule has 0 bridgehead atoms. The molecule has 0 aliphatic carbocycles. The zero-order valence-corrected chi connectivity index (χ0v) is 8.33. The molecular weight excluding hydrogens is 198 g/mol. The van der Waals surface area contributed by atoms with E-state index in [-0.39, 0.29) is 12.6 Å². The number of hydrogen-bond acceptors (Lipinski definition) is 4. The Kier molecular flexibility index (Phi) is 2.67. The van der Waals surface area contributed by atoms with Crippen molar-refractivity contribution in [1.82, 2.24) is 0 Å². The van der Waals surface area contributed by atoms with E-state index >= 15 is 0 Å². The summed E-state index contributed by atoms with van der Waals surface area (Å²) < 4.78 is 5.35. The van der Waals surface area contributed by atoms with Crippen molar-refractivity contribution in [2.75, 3.05) is 0 Å². The Morgan fingerprint density at radius 2 is 2.29 bits per heavy atom. The molecule has 3 N–H and O–H groups in total. The van der Waals surface area contributed by atoms with Gasteiger partial charge in [0.25, 0.3) is 0 Å². The number of aliphatic hydroxyl groups is 1. The molecule has 0 unspecified atom stereocenters. The Bertz CT molecular complexity index is 394. The zero-order chi connectivity index (χ0) is 9.97. The smallest absolute Gasteiger partial charge is 0.129 e. The van der Waals surface area contributed by atoms with Gasteiger partial charge in [0.15, 0.2) is 0 Å². The van der Waals surface area contributed by atoms with E-state index in [4.69, 9.17) is 15.3 Å². The van der Waals surface area contributed by atoms with Crippen LogP contribution in [0.2, 0.25) is 0 Å². The molecule has 0 radical (unpaired) electrons. The fourth-order valence-corrected chi connectivity index (χ4v) is 1.96.